The van der Waals surface area contributed by atoms with Gasteiger partial charge in [-0.05, 0) is 71.1 Å². The van der Waals surface area contributed by atoms with Crippen LogP contribution in [0, 0.1) is 0 Å². The van der Waals surface area contributed by atoms with E-state index in [2.05, 4.69) is 101 Å². The molecule has 2 nitrogen and oxygen atoms in total. The lowest BCUT2D eigenvalue weighted by atomic mass is 10.2. The number of carbonyl (C=O) groups is 1. The van der Waals surface area contributed by atoms with Gasteiger partial charge in [-0.15, -0.1) is 0 Å². The van der Waals surface area contributed by atoms with Crippen molar-refractivity contribution >= 4 is 51.7 Å². The van der Waals surface area contributed by atoms with Gasteiger partial charge in [-0.3, -0.25) is 10.1 Å². The summed E-state index contributed by atoms with van der Waals surface area (Å²) in [5.41, 5.74) is 1.57. The van der Waals surface area contributed by atoms with Crippen LogP contribution in [0.5, 0.6) is 0 Å². The molecule has 0 aromatic heterocycles. The molecule has 0 fully saturated rings. The van der Waals surface area contributed by atoms with Crippen molar-refractivity contribution in [1.29, 1.82) is 0 Å². The van der Waals surface area contributed by atoms with Crippen LogP contribution in [-0.2, 0) is 0 Å². The van der Waals surface area contributed by atoms with Gasteiger partial charge in [0.25, 0.3) is 5.91 Å². The molecule has 0 heterocycles. The molecular formula is C27H22INOP+. The molecule has 0 atom stereocenters. The summed E-state index contributed by atoms with van der Waals surface area (Å²) >= 11 is 2.26. The second-order valence-corrected chi connectivity index (χ2v) is 11.0. The van der Waals surface area contributed by atoms with E-state index in [4.69, 9.17) is 0 Å². The predicted octanol–water partition coefficient (Wildman–Crippen LogP) is 5.64. The van der Waals surface area contributed by atoms with E-state index in [1.807, 2.05) is 52.6 Å². The molecule has 152 valence electrons. The fourth-order valence-electron chi connectivity index (χ4n) is 3.78. The van der Waals surface area contributed by atoms with Crippen molar-refractivity contribution in [3.8, 4) is 0 Å². The maximum Gasteiger partial charge on any atom is 0.258 e. The van der Waals surface area contributed by atoms with Gasteiger partial charge in [-0.25, -0.2) is 0 Å². The van der Waals surface area contributed by atoms with E-state index in [9.17, 15) is 4.79 Å². The normalized spacial score (nSPS) is 11.7. The van der Waals surface area contributed by atoms with E-state index in [-0.39, 0.29) is 5.91 Å². The van der Waals surface area contributed by atoms with Crippen LogP contribution in [0.1, 0.15) is 10.4 Å². The first-order valence-corrected chi connectivity index (χ1v) is 13.0. The minimum absolute atomic E-state index is 0.101. The van der Waals surface area contributed by atoms with Crippen molar-refractivity contribution in [3.63, 3.8) is 0 Å². The molecule has 0 spiro atoms. The first kappa shape index (κ1) is 21.5. The zero-order valence-electron chi connectivity index (χ0n) is 16.9. The molecule has 0 bridgehead atoms. The van der Waals surface area contributed by atoms with Crippen LogP contribution in [0.4, 0.5) is 0 Å². The molecule has 0 unspecified atom stereocenters. The number of nitrogens with one attached hydrogen (secondary N) is 1. The number of hydrogen-bond donors (Lipinski definition) is 1. The van der Waals surface area contributed by atoms with Crippen molar-refractivity contribution in [2.45, 2.75) is 0 Å². The van der Waals surface area contributed by atoms with Crippen LogP contribution in [0.2, 0.25) is 0 Å². The summed E-state index contributed by atoms with van der Waals surface area (Å²) < 4.78 is 2.03. The van der Waals surface area contributed by atoms with Gasteiger partial charge in [0, 0.05) is 9.65 Å². The SMILES string of the molecule is O=C(NC(=CI)[P+](c1ccccc1)(c1ccccc1)c1ccccc1)c1ccccc1. The lowest BCUT2D eigenvalue weighted by Gasteiger charge is -2.29. The zero-order valence-corrected chi connectivity index (χ0v) is 19.9. The van der Waals surface area contributed by atoms with E-state index in [0.29, 0.717) is 5.56 Å². The molecule has 4 heteroatoms. The van der Waals surface area contributed by atoms with Crippen LogP contribution < -0.4 is 21.2 Å². The Kier molecular flexibility index (Phi) is 6.96. The highest BCUT2D eigenvalue weighted by Crippen LogP contribution is 2.61. The number of amides is 1. The Bertz CT molecular complexity index is 1070. The van der Waals surface area contributed by atoms with E-state index in [1.54, 1.807) is 0 Å². The molecular weight excluding hydrogens is 512 g/mol. The van der Waals surface area contributed by atoms with Crippen molar-refractivity contribution in [2.75, 3.05) is 0 Å². The van der Waals surface area contributed by atoms with Crippen molar-refractivity contribution in [1.82, 2.24) is 5.32 Å². The summed E-state index contributed by atoms with van der Waals surface area (Å²) in [6.07, 6.45) is 0. The van der Waals surface area contributed by atoms with Crippen LogP contribution in [0.15, 0.2) is 131 Å². The molecule has 0 aliphatic heterocycles. The fraction of sp³-hybridized carbons (Fsp3) is 0. The summed E-state index contributed by atoms with van der Waals surface area (Å²) in [6, 6.07) is 40.9. The quantitative estimate of drug-likeness (QED) is 0.252. The first-order valence-electron chi connectivity index (χ1n) is 10.00. The van der Waals surface area contributed by atoms with Crippen molar-refractivity contribution < 1.29 is 4.79 Å². The average Bonchev–Trinajstić information content (AvgIpc) is 2.86. The summed E-state index contributed by atoms with van der Waals surface area (Å²) in [5.74, 6) is -0.101. The third-order valence-corrected chi connectivity index (χ3v) is 10.5. The second-order valence-electron chi connectivity index (χ2n) is 6.99. The largest absolute Gasteiger partial charge is 0.292 e. The number of hydrogen-bond acceptors (Lipinski definition) is 1. The average molecular weight is 534 g/mol. The number of benzene rings is 4. The molecule has 0 aliphatic rings. The Morgan fingerprint density at radius 1 is 0.613 bits per heavy atom. The molecule has 1 amide bonds. The third kappa shape index (κ3) is 4.34. The minimum atomic E-state index is -2.32. The van der Waals surface area contributed by atoms with Crippen LogP contribution in [-0.4, -0.2) is 5.91 Å². The predicted molar refractivity (Wildman–Crippen MR) is 141 cm³/mol. The van der Waals surface area contributed by atoms with Gasteiger partial charge in [-0.1, -0.05) is 72.8 Å². The van der Waals surface area contributed by atoms with Gasteiger partial charge < -0.3 is 0 Å². The Morgan fingerprint density at radius 3 is 1.32 bits per heavy atom. The molecule has 0 saturated carbocycles. The number of rotatable bonds is 6. The van der Waals surface area contributed by atoms with E-state index in [0.717, 1.165) is 5.44 Å². The summed E-state index contributed by atoms with van der Waals surface area (Å²) in [7, 11) is -2.32. The maximum atomic E-state index is 13.2. The number of carbonyl (C=O) groups excluding carboxylic acids is 1. The Balaban J connectivity index is 1.96. The highest BCUT2D eigenvalue weighted by Gasteiger charge is 2.50. The lowest BCUT2D eigenvalue weighted by molar-refractivity contribution is 0.0968. The number of halogens is 1. The summed E-state index contributed by atoms with van der Waals surface area (Å²) in [4.78, 5) is 13.2. The maximum absolute atomic E-state index is 13.2. The van der Waals surface area contributed by atoms with E-state index in [1.165, 1.54) is 15.9 Å². The van der Waals surface area contributed by atoms with E-state index >= 15 is 0 Å². The van der Waals surface area contributed by atoms with Crippen LogP contribution in [0.3, 0.4) is 0 Å². The van der Waals surface area contributed by atoms with Gasteiger partial charge in [0.05, 0.1) is 0 Å². The van der Waals surface area contributed by atoms with Gasteiger partial charge in [0.15, 0.2) is 12.7 Å². The first-order chi connectivity index (χ1) is 15.3. The van der Waals surface area contributed by atoms with Gasteiger partial charge in [-0.2, -0.15) is 0 Å². The molecule has 0 radical (unpaired) electrons. The molecule has 0 saturated heterocycles. The molecule has 31 heavy (non-hydrogen) atoms. The minimum Gasteiger partial charge on any atom is -0.292 e. The molecule has 1 N–H and O–H groups in total. The monoisotopic (exact) mass is 534 g/mol. The Labute approximate surface area is 197 Å². The molecule has 4 aromatic carbocycles. The zero-order chi connectivity index (χ0) is 21.5. The van der Waals surface area contributed by atoms with Crippen molar-refractivity contribution in [3.05, 3.63) is 136 Å². The fourth-order valence-corrected chi connectivity index (χ4v) is 9.19. The topological polar surface area (TPSA) is 29.1 Å². The van der Waals surface area contributed by atoms with Crippen molar-refractivity contribution in [2.24, 2.45) is 0 Å². The van der Waals surface area contributed by atoms with E-state index < -0.39 is 7.26 Å². The highest BCUT2D eigenvalue weighted by atomic mass is 127. The lowest BCUT2D eigenvalue weighted by Crippen LogP contribution is -2.38. The van der Waals surface area contributed by atoms with Crippen LogP contribution in [0.25, 0.3) is 0 Å². The Morgan fingerprint density at radius 2 is 0.968 bits per heavy atom. The standard InChI is InChI=1S/C27H21INOP/c28-21-26(29-27(30)22-13-5-1-6-14-22)31(23-15-7-2-8-16-23,24-17-9-3-10-18-24)25-19-11-4-12-20-25/h1-21H/p+1. The van der Waals surface area contributed by atoms with Gasteiger partial charge in [0.2, 0.25) is 0 Å². The molecule has 0 aliphatic carbocycles. The van der Waals surface area contributed by atoms with Gasteiger partial charge >= 0.3 is 0 Å². The Hall–Kier alpha value is -2.75. The smallest absolute Gasteiger partial charge is 0.258 e. The second kappa shape index (κ2) is 10.0. The highest BCUT2D eigenvalue weighted by molar-refractivity contribution is 14.1. The van der Waals surface area contributed by atoms with Gasteiger partial charge in [0.1, 0.15) is 15.9 Å². The summed E-state index contributed by atoms with van der Waals surface area (Å²) in [6.45, 7) is 0. The molecule has 4 aromatic rings. The third-order valence-electron chi connectivity index (χ3n) is 5.17. The van der Waals surface area contributed by atoms with Crippen LogP contribution >= 0.6 is 29.9 Å². The summed E-state index contributed by atoms with van der Waals surface area (Å²) in [5, 5.41) is 6.88. The molecule has 4 rings (SSSR count).